The summed E-state index contributed by atoms with van der Waals surface area (Å²) in [6.07, 6.45) is 1.73. The van der Waals surface area contributed by atoms with E-state index in [9.17, 15) is 14.4 Å². The first-order valence-electron chi connectivity index (χ1n) is 12.6. The molecule has 1 atom stereocenters. The predicted octanol–water partition coefficient (Wildman–Crippen LogP) is 4.10. The molecule has 0 fully saturated rings. The van der Waals surface area contributed by atoms with Crippen molar-refractivity contribution in [3.63, 3.8) is 0 Å². The molecule has 0 radical (unpaired) electrons. The average Bonchev–Trinajstić information content (AvgIpc) is 3.26. The first-order chi connectivity index (χ1) is 19.0. The Labute approximate surface area is 244 Å². The summed E-state index contributed by atoms with van der Waals surface area (Å²) in [5.41, 5.74) is 4.13. The number of nitrogens with zero attached hydrogens (tertiary/aromatic N) is 6. The van der Waals surface area contributed by atoms with E-state index in [0.717, 1.165) is 21.4 Å². The lowest BCUT2D eigenvalue weighted by molar-refractivity contribution is 0.0652. The van der Waals surface area contributed by atoms with Gasteiger partial charge in [-0.3, -0.25) is 14.4 Å². The van der Waals surface area contributed by atoms with E-state index in [-0.39, 0.29) is 40.7 Å². The molecule has 12 heteroatoms. The summed E-state index contributed by atoms with van der Waals surface area (Å²) in [5, 5.41) is 7.16. The summed E-state index contributed by atoms with van der Waals surface area (Å²) in [4.78, 5) is 50.7. The Bertz CT molecular complexity index is 1750. The highest BCUT2D eigenvalue weighted by Crippen LogP contribution is 2.27. The number of aryl methyl sites for hydroxylation is 3. The van der Waals surface area contributed by atoms with Crippen LogP contribution in [0.4, 0.5) is 0 Å². The molecule has 10 nitrogen and oxygen atoms in total. The van der Waals surface area contributed by atoms with Gasteiger partial charge in [-0.2, -0.15) is 5.10 Å². The van der Waals surface area contributed by atoms with E-state index >= 15 is 0 Å². The topological polar surface area (TPSA) is 115 Å². The number of hydrogen-bond acceptors (Lipinski definition) is 6. The van der Waals surface area contributed by atoms with Gasteiger partial charge in [0.1, 0.15) is 5.69 Å². The molecule has 0 aliphatic carbocycles. The lowest BCUT2D eigenvalue weighted by Gasteiger charge is -2.34. The maximum Gasteiger partial charge on any atom is 0.271 e. The number of hydrogen-bond donors (Lipinski definition) is 1. The van der Waals surface area contributed by atoms with Gasteiger partial charge in [-0.1, -0.05) is 27.5 Å². The quantitative estimate of drug-likeness (QED) is 0.366. The van der Waals surface area contributed by atoms with E-state index in [0.29, 0.717) is 28.9 Å². The number of carbonyl (C=O) groups is 2. The number of nitrogens with one attached hydrogen (secondary N) is 1. The number of fused-ring (bicyclic) bond motifs is 1. The zero-order valence-electron chi connectivity index (χ0n) is 22.6. The van der Waals surface area contributed by atoms with Crippen LogP contribution < -0.4 is 10.9 Å². The van der Waals surface area contributed by atoms with Crippen LogP contribution in [0.15, 0.2) is 45.8 Å². The molecule has 0 spiro atoms. The first kappa shape index (κ1) is 27.7. The van der Waals surface area contributed by atoms with E-state index in [2.05, 4.69) is 31.3 Å². The molecule has 1 N–H and O–H groups in total. The Morgan fingerprint density at radius 1 is 1.15 bits per heavy atom. The number of rotatable bonds is 4. The monoisotopic (exact) mass is 623 g/mol. The highest BCUT2D eigenvalue weighted by atomic mass is 79.9. The Balaban J connectivity index is 1.66. The van der Waals surface area contributed by atoms with Gasteiger partial charge in [0.25, 0.3) is 17.4 Å². The van der Waals surface area contributed by atoms with Crippen molar-refractivity contribution < 1.29 is 9.59 Å². The minimum absolute atomic E-state index is 0.0468. The van der Waals surface area contributed by atoms with Gasteiger partial charge < -0.3 is 10.2 Å². The molecule has 1 unspecified atom stereocenters. The molecule has 1 aliphatic heterocycles. The standard InChI is InChI=1S/C28H27BrClN7O3/c1-14-8-18(6-7-21(14)29)26(39)35-13-23-20(10-16(35)3)27(40)36(28(33-23)37-17(4)9-15(2)34-37)19-11-22(30)24(32-12-19)25(38)31-5/h6-9,11-12,16H,10,13H2,1-5H3,(H,31,38). The third kappa shape index (κ3) is 4.84. The number of aromatic nitrogens is 5. The predicted molar refractivity (Wildman–Crippen MR) is 155 cm³/mol. The van der Waals surface area contributed by atoms with Crippen LogP contribution >= 0.6 is 27.5 Å². The molecule has 40 heavy (non-hydrogen) atoms. The van der Waals surface area contributed by atoms with Crippen molar-refractivity contribution in [2.45, 2.75) is 46.7 Å². The third-order valence-electron chi connectivity index (χ3n) is 6.99. The zero-order chi connectivity index (χ0) is 28.9. The van der Waals surface area contributed by atoms with E-state index in [1.54, 1.807) is 15.6 Å². The Hall–Kier alpha value is -3.83. The molecular weight excluding hydrogens is 598 g/mol. The fourth-order valence-electron chi connectivity index (χ4n) is 4.90. The first-order valence-corrected chi connectivity index (χ1v) is 13.8. The Kier molecular flexibility index (Phi) is 7.36. The average molecular weight is 625 g/mol. The maximum atomic E-state index is 14.1. The summed E-state index contributed by atoms with van der Waals surface area (Å²) in [6, 6.07) is 8.64. The second-order valence-electron chi connectivity index (χ2n) is 9.87. The van der Waals surface area contributed by atoms with Crippen LogP contribution in [0.2, 0.25) is 5.02 Å². The second-order valence-corrected chi connectivity index (χ2v) is 11.1. The molecule has 1 aliphatic rings. The molecule has 3 aromatic heterocycles. The van der Waals surface area contributed by atoms with Crippen molar-refractivity contribution in [3.05, 3.63) is 95.8 Å². The van der Waals surface area contributed by atoms with Crippen molar-refractivity contribution in [1.29, 1.82) is 0 Å². The van der Waals surface area contributed by atoms with Gasteiger partial charge in [0.2, 0.25) is 5.95 Å². The van der Waals surface area contributed by atoms with Crippen LogP contribution in [0.1, 0.15) is 56.0 Å². The largest absolute Gasteiger partial charge is 0.354 e. The number of amides is 2. The van der Waals surface area contributed by atoms with Crippen LogP contribution in [0.5, 0.6) is 0 Å². The normalized spacial score (nSPS) is 14.7. The van der Waals surface area contributed by atoms with Crippen LogP contribution in [0, 0.1) is 20.8 Å². The van der Waals surface area contributed by atoms with E-state index in [1.807, 2.05) is 45.9 Å². The summed E-state index contributed by atoms with van der Waals surface area (Å²) in [6.45, 7) is 7.74. The fraction of sp³-hybridized carbons (Fsp3) is 0.286. The van der Waals surface area contributed by atoms with Gasteiger partial charge in [-0.05, 0) is 70.0 Å². The molecule has 2 amide bonds. The van der Waals surface area contributed by atoms with Crippen molar-refractivity contribution in [3.8, 4) is 11.6 Å². The molecule has 4 aromatic rings. The van der Waals surface area contributed by atoms with Gasteiger partial charge in [0, 0.05) is 34.4 Å². The number of pyridine rings is 1. The van der Waals surface area contributed by atoms with E-state index in [1.165, 1.54) is 23.9 Å². The number of halogens is 2. The SMILES string of the molecule is CNC(=O)c1ncc(-n2c(-n3nc(C)cc3C)nc3c(c2=O)CC(C)N(C(=O)c2ccc(Br)c(C)c2)C3)cc1Cl. The van der Waals surface area contributed by atoms with Crippen LogP contribution in [-0.4, -0.2) is 54.1 Å². The Morgan fingerprint density at radius 3 is 2.52 bits per heavy atom. The molecule has 0 saturated carbocycles. The number of carbonyl (C=O) groups excluding carboxylic acids is 2. The van der Waals surface area contributed by atoms with Crippen LogP contribution in [0.3, 0.4) is 0 Å². The smallest absolute Gasteiger partial charge is 0.271 e. The second kappa shape index (κ2) is 10.6. The van der Waals surface area contributed by atoms with Gasteiger partial charge in [-0.15, -0.1) is 0 Å². The molecule has 4 heterocycles. The molecule has 206 valence electrons. The fourth-order valence-corrected chi connectivity index (χ4v) is 5.40. The summed E-state index contributed by atoms with van der Waals surface area (Å²) in [7, 11) is 1.49. The lowest BCUT2D eigenvalue weighted by Crippen LogP contribution is -2.46. The molecular formula is C28H27BrClN7O3. The maximum absolute atomic E-state index is 14.1. The van der Waals surface area contributed by atoms with Crippen molar-refractivity contribution in [2.24, 2.45) is 0 Å². The third-order valence-corrected chi connectivity index (χ3v) is 8.17. The van der Waals surface area contributed by atoms with Gasteiger partial charge in [0.05, 0.1) is 34.8 Å². The van der Waals surface area contributed by atoms with Gasteiger partial charge >= 0.3 is 0 Å². The van der Waals surface area contributed by atoms with Crippen molar-refractivity contribution >= 4 is 39.3 Å². The Morgan fingerprint density at radius 2 is 1.90 bits per heavy atom. The lowest BCUT2D eigenvalue weighted by atomic mass is 9.98. The van der Waals surface area contributed by atoms with Crippen LogP contribution in [-0.2, 0) is 13.0 Å². The minimum Gasteiger partial charge on any atom is -0.354 e. The summed E-state index contributed by atoms with van der Waals surface area (Å²) < 4.78 is 3.92. The van der Waals surface area contributed by atoms with Crippen molar-refractivity contribution in [2.75, 3.05) is 7.05 Å². The van der Waals surface area contributed by atoms with Crippen molar-refractivity contribution in [1.82, 2.24) is 34.5 Å². The molecule has 5 rings (SSSR count). The highest BCUT2D eigenvalue weighted by Gasteiger charge is 2.33. The molecule has 1 aromatic carbocycles. The summed E-state index contributed by atoms with van der Waals surface area (Å²) >= 11 is 9.90. The van der Waals surface area contributed by atoms with Gasteiger partial charge in [-0.25, -0.2) is 19.2 Å². The van der Waals surface area contributed by atoms with E-state index < -0.39 is 5.91 Å². The molecule has 0 bridgehead atoms. The van der Waals surface area contributed by atoms with E-state index in [4.69, 9.17) is 16.6 Å². The van der Waals surface area contributed by atoms with Crippen LogP contribution in [0.25, 0.3) is 11.6 Å². The molecule has 0 saturated heterocycles. The zero-order valence-corrected chi connectivity index (χ0v) is 25.0. The highest BCUT2D eigenvalue weighted by molar-refractivity contribution is 9.10. The van der Waals surface area contributed by atoms with Gasteiger partial charge in [0.15, 0.2) is 0 Å². The summed E-state index contributed by atoms with van der Waals surface area (Å²) in [5.74, 6) is -0.333. The minimum atomic E-state index is -0.439. The number of benzene rings is 1.